The molecule has 1 aliphatic carbocycles. The van der Waals surface area contributed by atoms with Crippen molar-refractivity contribution in [2.24, 2.45) is 12.0 Å². The van der Waals surface area contributed by atoms with Crippen molar-refractivity contribution in [2.75, 3.05) is 7.11 Å². The van der Waals surface area contributed by atoms with Gasteiger partial charge in [-0.05, 0) is 26.2 Å². The maximum Gasteiger partial charge on any atom is 0.192 e. The predicted molar refractivity (Wildman–Crippen MR) is 108 cm³/mol. The summed E-state index contributed by atoms with van der Waals surface area (Å²) in [6.07, 6.45) is 6.85. The maximum atomic E-state index is 5.16. The number of nitrogens with one attached hydrogen (secondary N) is 2. The van der Waals surface area contributed by atoms with Crippen LogP contribution in [0.2, 0.25) is 0 Å². The van der Waals surface area contributed by atoms with Crippen molar-refractivity contribution < 1.29 is 4.74 Å². The zero-order valence-electron chi connectivity index (χ0n) is 17.6. The molecule has 2 aromatic heterocycles. The van der Waals surface area contributed by atoms with Gasteiger partial charge in [-0.3, -0.25) is 0 Å². The van der Waals surface area contributed by atoms with Crippen molar-refractivity contribution >= 4 is 5.96 Å². The molecule has 0 saturated heterocycles. The van der Waals surface area contributed by atoms with Gasteiger partial charge >= 0.3 is 0 Å². The highest BCUT2D eigenvalue weighted by atomic mass is 16.5. The van der Waals surface area contributed by atoms with Crippen molar-refractivity contribution in [3.8, 4) is 0 Å². The molecule has 0 aromatic carbocycles. The van der Waals surface area contributed by atoms with Crippen LogP contribution in [0.15, 0.2) is 4.99 Å². The summed E-state index contributed by atoms with van der Waals surface area (Å²) in [6, 6.07) is 0.745. The van der Waals surface area contributed by atoms with Gasteiger partial charge in [0.15, 0.2) is 17.6 Å². The van der Waals surface area contributed by atoms with E-state index in [9.17, 15) is 0 Å². The molecule has 10 heteroatoms. The molecule has 0 bridgehead atoms. The second-order valence-corrected chi connectivity index (χ2v) is 7.95. The second-order valence-electron chi connectivity index (χ2n) is 7.95. The number of aryl methyl sites for hydroxylation is 2. The average Bonchev–Trinajstić information content (AvgIpc) is 3.42. The minimum atomic E-state index is 0.258. The Labute approximate surface area is 171 Å². The summed E-state index contributed by atoms with van der Waals surface area (Å²) < 4.78 is 9.14. The molecule has 1 aliphatic heterocycles. The van der Waals surface area contributed by atoms with Crippen LogP contribution in [0.25, 0.3) is 0 Å². The second kappa shape index (κ2) is 8.89. The fourth-order valence-electron chi connectivity index (χ4n) is 4.00. The Morgan fingerprint density at radius 1 is 1.17 bits per heavy atom. The van der Waals surface area contributed by atoms with Crippen LogP contribution in [0.5, 0.6) is 0 Å². The summed E-state index contributed by atoms with van der Waals surface area (Å²) in [4.78, 5) is 9.38. The minimum Gasteiger partial charge on any atom is -0.377 e. The molecule has 1 fully saturated rings. The third-order valence-corrected chi connectivity index (χ3v) is 5.77. The van der Waals surface area contributed by atoms with E-state index in [1.54, 1.807) is 7.11 Å². The topological polar surface area (TPSA) is 107 Å². The van der Waals surface area contributed by atoms with Gasteiger partial charge in [0, 0.05) is 32.7 Å². The maximum absolute atomic E-state index is 5.16. The number of rotatable bonds is 6. The summed E-state index contributed by atoms with van der Waals surface area (Å²) >= 11 is 0. The van der Waals surface area contributed by atoms with Crippen LogP contribution in [0.4, 0.5) is 0 Å². The minimum absolute atomic E-state index is 0.258. The summed E-state index contributed by atoms with van der Waals surface area (Å²) in [6.45, 7) is 3.68. The Balaban J connectivity index is 1.44. The predicted octanol–water partition coefficient (Wildman–Crippen LogP) is 0.854. The van der Waals surface area contributed by atoms with Gasteiger partial charge < -0.3 is 19.9 Å². The molecule has 29 heavy (non-hydrogen) atoms. The van der Waals surface area contributed by atoms with Crippen LogP contribution >= 0.6 is 0 Å². The zero-order chi connectivity index (χ0) is 20.2. The number of hydrogen-bond acceptors (Lipinski definition) is 6. The van der Waals surface area contributed by atoms with Gasteiger partial charge in [-0.25, -0.2) is 14.7 Å². The molecule has 1 saturated carbocycles. The van der Waals surface area contributed by atoms with Crippen molar-refractivity contribution in [1.82, 2.24) is 40.2 Å². The Morgan fingerprint density at radius 3 is 2.69 bits per heavy atom. The van der Waals surface area contributed by atoms with Gasteiger partial charge in [0.05, 0.1) is 6.54 Å². The van der Waals surface area contributed by atoms with E-state index in [4.69, 9.17) is 9.73 Å². The van der Waals surface area contributed by atoms with E-state index in [2.05, 4.69) is 30.9 Å². The van der Waals surface area contributed by atoms with Crippen molar-refractivity contribution in [3.63, 3.8) is 0 Å². The van der Waals surface area contributed by atoms with Crippen LogP contribution < -0.4 is 10.6 Å². The first kappa shape index (κ1) is 19.8. The quantitative estimate of drug-likeness (QED) is 0.546. The number of fused-ring (bicyclic) bond motifs is 1. The molecular formula is C19H31N9O. The number of aliphatic imine (C=N–C) groups is 1. The van der Waals surface area contributed by atoms with Crippen LogP contribution in [0.3, 0.4) is 0 Å². The van der Waals surface area contributed by atoms with Crippen molar-refractivity contribution in [1.29, 1.82) is 0 Å². The molecule has 1 atom stereocenters. The molecule has 4 rings (SSSR count). The molecular weight excluding hydrogens is 370 g/mol. The van der Waals surface area contributed by atoms with Crippen molar-refractivity contribution in [3.05, 3.63) is 23.3 Å². The van der Waals surface area contributed by atoms with E-state index in [1.807, 2.05) is 23.2 Å². The van der Waals surface area contributed by atoms with Crippen LogP contribution in [0.1, 0.15) is 55.4 Å². The highest BCUT2D eigenvalue weighted by Crippen LogP contribution is 2.18. The number of ether oxygens (including phenoxy) is 1. The number of hydrogen-bond donors (Lipinski definition) is 2. The third kappa shape index (κ3) is 4.75. The summed E-state index contributed by atoms with van der Waals surface area (Å²) in [5.74, 6) is 4.39. The van der Waals surface area contributed by atoms with E-state index >= 15 is 0 Å². The number of guanidine groups is 1. The lowest BCUT2D eigenvalue weighted by molar-refractivity contribution is 0.177. The van der Waals surface area contributed by atoms with Gasteiger partial charge in [0.25, 0.3) is 0 Å². The first-order chi connectivity index (χ1) is 14.1. The fraction of sp³-hybridized carbons (Fsp3) is 0.737. The SMILES string of the molecule is COCc1nc2n(n1)CC(NC(=NCc1nnc(C)n1C)NC1CCCC1)CC2. The lowest BCUT2D eigenvalue weighted by atomic mass is 10.1. The van der Waals surface area contributed by atoms with Gasteiger partial charge in [-0.1, -0.05) is 12.8 Å². The Morgan fingerprint density at radius 2 is 1.97 bits per heavy atom. The van der Waals surface area contributed by atoms with Crippen molar-refractivity contribution in [2.45, 2.75) is 77.2 Å². The normalized spacial score (nSPS) is 20.1. The monoisotopic (exact) mass is 401 g/mol. The molecule has 0 radical (unpaired) electrons. The Bertz CT molecular complexity index is 850. The van der Waals surface area contributed by atoms with Gasteiger partial charge in [0.1, 0.15) is 24.8 Å². The van der Waals surface area contributed by atoms with E-state index < -0.39 is 0 Å². The molecule has 10 nitrogen and oxygen atoms in total. The molecule has 2 N–H and O–H groups in total. The zero-order valence-corrected chi connectivity index (χ0v) is 17.6. The smallest absolute Gasteiger partial charge is 0.192 e. The van der Waals surface area contributed by atoms with Gasteiger partial charge in [-0.2, -0.15) is 5.10 Å². The Hall–Kier alpha value is -2.49. The van der Waals surface area contributed by atoms with Crippen LogP contribution in [-0.2, 0) is 37.9 Å². The highest BCUT2D eigenvalue weighted by molar-refractivity contribution is 5.80. The molecule has 0 spiro atoms. The molecule has 158 valence electrons. The number of methoxy groups -OCH3 is 1. The summed E-state index contributed by atoms with van der Waals surface area (Å²) in [5, 5.41) is 20.2. The average molecular weight is 402 g/mol. The van der Waals surface area contributed by atoms with E-state index in [0.29, 0.717) is 19.2 Å². The van der Waals surface area contributed by atoms with E-state index in [1.165, 1.54) is 25.7 Å². The highest BCUT2D eigenvalue weighted by Gasteiger charge is 2.24. The fourth-order valence-corrected chi connectivity index (χ4v) is 4.00. The van der Waals surface area contributed by atoms with Crippen LogP contribution in [-0.4, -0.2) is 54.7 Å². The first-order valence-electron chi connectivity index (χ1n) is 10.5. The molecule has 3 heterocycles. The van der Waals surface area contributed by atoms with E-state index in [-0.39, 0.29) is 6.04 Å². The molecule has 2 aliphatic rings. The molecule has 1 unspecified atom stereocenters. The lowest BCUT2D eigenvalue weighted by Gasteiger charge is -2.27. The summed E-state index contributed by atoms with van der Waals surface area (Å²) in [7, 11) is 3.64. The standard InChI is InChI=1S/C19H31N9O/c1-13-24-25-18(27(13)2)10-20-19(21-14-6-4-5-7-14)22-15-8-9-17-23-16(12-29-3)26-28(17)11-15/h14-15H,4-12H2,1-3H3,(H2,20,21,22). The molecule has 2 aromatic rings. The third-order valence-electron chi connectivity index (χ3n) is 5.77. The number of aromatic nitrogens is 6. The first-order valence-corrected chi connectivity index (χ1v) is 10.5. The lowest BCUT2D eigenvalue weighted by Crippen LogP contribution is -2.49. The molecule has 0 amide bonds. The van der Waals surface area contributed by atoms with E-state index in [0.717, 1.165) is 48.6 Å². The number of nitrogens with zero attached hydrogens (tertiary/aromatic N) is 7. The van der Waals surface area contributed by atoms with Crippen LogP contribution in [0, 0.1) is 6.92 Å². The summed E-state index contributed by atoms with van der Waals surface area (Å²) in [5.41, 5.74) is 0. The Kier molecular flexibility index (Phi) is 6.08. The van der Waals surface area contributed by atoms with Gasteiger partial charge in [-0.15, -0.1) is 10.2 Å². The largest absolute Gasteiger partial charge is 0.377 e. The van der Waals surface area contributed by atoms with Gasteiger partial charge in [0.2, 0.25) is 0 Å².